The number of carbonyl (C=O) groups excluding carboxylic acids is 1. The second kappa shape index (κ2) is 7.03. The molecule has 2 aromatic carbocycles. The van der Waals surface area contributed by atoms with Gasteiger partial charge in [-0.2, -0.15) is 0 Å². The molecular weight excluding hydrogens is 366 g/mol. The van der Waals surface area contributed by atoms with Gasteiger partial charge in [0, 0.05) is 18.5 Å². The number of anilines is 1. The minimum atomic E-state index is -3.48. The minimum absolute atomic E-state index is 0.0452. The van der Waals surface area contributed by atoms with Crippen molar-refractivity contribution < 1.29 is 17.7 Å². The van der Waals surface area contributed by atoms with Gasteiger partial charge in [-0.1, -0.05) is 35.5 Å². The van der Waals surface area contributed by atoms with E-state index in [0.29, 0.717) is 24.2 Å². The molecule has 1 aromatic heterocycles. The third-order valence-corrected chi connectivity index (χ3v) is 6.41. The van der Waals surface area contributed by atoms with Gasteiger partial charge in [0.15, 0.2) is 5.58 Å². The molecule has 0 unspecified atom stereocenters. The van der Waals surface area contributed by atoms with Crippen LogP contribution in [0.3, 0.4) is 0 Å². The number of rotatable bonds is 6. The zero-order valence-corrected chi connectivity index (χ0v) is 15.4. The summed E-state index contributed by atoms with van der Waals surface area (Å²) in [4.78, 5) is 12.2. The Morgan fingerprint density at radius 2 is 1.93 bits per heavy atom. The molecule has 0 radical (unpaired) electrons. The largest absolute Gasteiger partial charge is 0.356 e. The van der Waals surface area contributed by atoms with Crippen molar-refractivity contribution in [1.82, 2.24) is 10.5 Å². The molecule has 4 rings (SSSR count). The van der Waals surface area contributed by atoms with Crippen molar-refractivity contribution in [3.63, 3.8) is 0 Å². The molecule has 3 aromatic rings. The van der Waals surface area contributed by atoms with Gasteiger partial charge in [-0.15, -0.1) is 0 Å². The van der Waals surface area contributed by atoms with E-state index >= 15 is 0 Å². The van der Waals surface area contributed by atoms with E-state index in [2.05, 4.69) is 10.5 Å². The fourth-order valence-electron chi connectivity index (χ4n) is 3.31. The summed E-state index contributed by atoms with van der Waals surface area (Å²) >= 11 is 0. The van der Waals surface area contributed by atoms with Crippen LogP contribution >= 0.6 is 0 Å². The van der Waals surface area contributed by atoms with E-state index in [1.807, 2.05) is 42.5 Å². The van der Waals surface area contributed by atoms with Crippen LogP contribution in [0.25, 0.3) is 11.0 Å². The number of hydrogen-bond acceptors (Lipinski definition) is 5. The minimum Gasteiger partial charge on any atom is -0.356 e. The Balaban J connectivity index is 1.35. The van der Waals surface area contributed by atoms with E-state index in [1.165, 1.54) is 4.31 Å². The molecule has 0 saturated heterocycles. The highest BCUT2D eigenvalue weighted by atomic mass is 32.2. The van der Waals surface area contributed by atoms with Crippen LogP contribution in [-0.2, 0) is 27.7 Å². The molecule has 2 heterocycles. The maximum atomic E-state index is 12.6. The third kappa shape index (κ3) is 3.52. The summed E-state index contributed by atoms with van der Waals surface area (Å²) in [6.45, 7) is 0.496. The highest BCUT2D eigenvalue weighted by molar-refractivity contribution is 7.92. The lowest BCUT2D eigenvalue weighted by Crippen LogP contribution is -2.37. The molecule has 0 saturated carbocycles. The van der Waals surface area contributed by atoms with Crippen LogP contribution in [0.4, 0.5) is 5.69 Å². The van der Waals surface area contributed by atoms with Crippen molar-refractivity contribution >= 4 is 32.6 Å². The maximum absolute atomic E-state index is 12.6. The molecule has 1 aliphatic rings. The molecule has 1 N–H and O–H groups in total. The number of aromatic nitrogens is 1. The van der Waals surface area contributed by atoms with Crippen molar-refractivity contribution in [1.29, 1.82) is 0 Å². The molecule has 0 bridgehead atoms. The first-order valence-electron chi connectivity index (χ1n) is 8.73. The van der Waals surface area contributed by atoms with Gasteiger partial charge in [0.05, 0.1) is 17.9 Å². The van der Waals surface area contributed by atoms with Crippen molar-refractivity contribution in [3.8, 4) is 0 Å². The fourth-order valence-corrected chi connectivity index (χ4v) is 4.73. The lowest BCUT2D eigenvalue weighted by molar-refractivity contribution is -0.120. The molecule has 7 nitrogen and oxygen atoms in total. The SMILES string of the molecule is O=C(Cc1noc2ccccc12)NCCS(=O)(=O)N1CCc2ccccc21. The molecule has 0 spiro atoms. The number of carbonyl (C=O) groups is 1. The monoisotopic (exact) mass is 385 g/mol. The summed E-state index contributed by atoms with van der Waals surface area (Å²) < 4.78 is 31.8. The first-order valence-corrected chi connectivity index (χ1v) is 10.3. The van der Waals surface area contributed by atoms with Gasteiger partial charge in [-0.3, -0.25) is 9.10 Å². The second-order valence-corrected chi connectivity index (χ2v) is 8.43. The Labute approximate surface area is 157 Å². The summed E-state index contributed by atoms with van der Waals surface area (Å²) in [6, 6.07) is 14.8. The smallest absolute Gasteiger partial charge is 0.236 e. The lowest BCUT2D eigenvalue weighted by Gasteiger charge is -2.19. The van der Waals surface area contributed by atoms with Gasteiger partial charge in [0.2, 0.25) is 15.9 Å². The Bertz CT molecular complexity index is 1090. The zero-order valence-electron chi connectivity index (χ0n) is 14.6. The molecule has 0 aliphatic carbocycles. The second-order valence-electron chi connectivity index (χ2n) is 6.42. The van der Waals surface area contributed by atoms with Crippen LogP contribution in [0, 0.1) is 0 Å². The number of benzene rings is 2. The summed E-state index contributed by atoms with van der Waals surface area (Å²) in [5.41, 5.74) is 2.93. The van der Waals surface area contributed by atoms with Crippen LogP contribution in [0.15, 0.2) is 53.1 Å². The Kier molecular flexibility index (Phi) is 4.57. The summed E-state index contributed by atoms with van der Waals surface area (Å²) in [5.74, 6) is -0.432. The topological polar surface area (TPSA) is 92.5 Å². The number of nitrogens with one attached hydrogen (secondary N) is 1. The van der Waals surface area contributed by atoms with Gasteiger partial charge < -0.3 is 9.84 Å². The highest BCUT2D eigenvalue weighted by Gasteiger charge is 2.28. The third-order valence-electron chi connectivity index (χ3n) is 4.64. The van der Waals surface area contributed by atoms with Crippen LogP contribution in [0.2, 0.25) is 0 Å². The van der Waals surface area contributed by atoms with E-state index in [9.17, 15) is 13.2 Å². The van der Waals surface area contributed by atoms with Gasteiger partial charge in [-0.05, 0) is 30.2 Å². The fraction of sp³-hybridized carbons (Fsp3) is 0.263. The molecule has 1 aliphatic heterocycles. The number of hydrogen-bond donors (Lipinski definition) is 1. The van der Waals surface area contributed by atoms with Gasteiger partial charge in [-0.25, -0.2) is 8.42 Å². The molecule has 0 atom stereocenters. The average Bonchev–Trinajstić information content (AvgIpc) is 3.26. The van der Waals surface area contributed by atoms with E-state index in [1.54, 1.807) is 6.07 Å². The Morgan fingerprint density at radius 3 is 2.81 bits per heavy atom. The quantitative estimate of drug-likeness (QED) is 0.699. The maximum Gasteiger partial charge on any atom is 0.236 e. The first kappa shape index (κ1) is 17.5. The number of fused-ring (bicyclic) bond motifs is 2. The summed E-state index contributed by atoms with van der Waals surface area (Å²) in [7, 11) is -3.48. The number of nitrogens with zero attached hydrogens (tertiary/aromatic N) is 2. The molecule has 0 fully saturated rings. The first-order chi connectivity index (χ1) is 13.0. The number of para-hydroxylation sites is 2. The predicted octanol–water partition coefficient (Wildman–Crippen LogP) is 1.88. The van der Waals surface area contributed by atoms with Gasteiger partial charge in [0.1, 0.15) is 5.69 Å². The summed E-state index contributed by atoms with van der Waals surface area (Å²) in [5, 5.41) is 7.37. The zero-order chi connectivity index (χ0) is 18.9. The van der Waals surface area contributed by atoms with Crippen LogP contribution in [-0.4, -0.2) is 38.3 Å². The van der Waals surface area contributed by atoms with E-state index in [4.69, 9.17) is 4.52 Å². The van der Waals surface area contributed by atoms with Crippen LogP contribution < -0.4 is 9.62 Å². The Morgan fingerprint density at radius 1 is 1.15 bits per heavy atom. The molecule has 1 amide bonds. The molecule has 8 heteroatoms. The molecule has 140 valence electrons. The standard InChI is InChI=1S/C19H19N3O4S/c23-19(13-16-15-6-2-4-8-18(15)26-21-16)20-10-12-27(24,25)22-11-9-14-5-1-3-7-17(14)22/h1-8H,9-13H2,(H,20,23). The molecular formula is C19H19N3O4S. The molecule has 27 heavy (non-hydrogen) atoms. The van der Waals surface area contributed by atoms with Crippen molar-refractivity contribution in [2.24, 2.45) is 0 Å². The average molecular weight is 385 g/mol. The van der Waals surface area contributed by atoms with Crippen LogP contribution in [0.1, 0.15) is 11.3 Å². The normalized spacial score (nSPS) is 13.7. The van der Waals surface area contributed by atoms with Crippen molar-refractivity contribution in [2.75, 3.05) is 23.1 Å². The Hall–Kier alpha value is -2.87. The van der Waals surface area contributed by atoms with Crippen molar-refractivity contribution in [2.45, 2.75) is 12.8 Å². The van der Waals surface area contributed by atoms with Gasteiger partial charge in [0.25, 0.3) is 0 Å². The van der Waals surface area contributed by atoms with Crippen LogP contribution in [0.5, 0.6) is 0 Å². The van der Waals surface area contributed by atoms with E-state index in [0.717, 1.165) is 16.6 Å². The number of sulfonamides is 1. The summed E-state index contributed by atoms with van der Waals surface area (Å²) in [6.07, 6.45) is 0.755. The van der Waals surface area contributed by atoms with Crippen molar-refractivity contribution in [3.05, 3.63) is 59.8 Å². The van der Waals surface area contributed by atoms with Gasteiger partial charge >= 0.3 is 0 Å². The lowest BCUT2D eigenvalue weighted by atomic mass is 10.2. The van der Waals surface area contributed by atoms with E-state index in [-0.39, 0.29) is 24.6 Å². The number of amides is 1. The predicted molar refractivity (Wildman–Crippen MR) is 102 cm³/mol. The highest BCUT2D eigenvalue weighted by Crippen LogP contribution is 2.29. The van der Waals surface area contributed by atoms with E-state index < -0.39 is 10.0 Å².